The Hall–Kier alpha value is -1.52. The van der Waals surface area contributed by atoms with E-state index in [1.807, 2.05) is 6.92 Å². The third-order valence-corrected chi connectivity index (χ3v) is 4.85. The second-order valence-electron chi connectivity index (χ2n) is 4.43. The average molecular weight is 296 g/mol. The zero-order chi connectivity index (χ0) is 14.0. The number of sulfone groups is 1. The molecule has 100 valence electrons. The lowest BCUT2D eigenvalue weighted by molar-refractivity contribution is 0.595. The lowest BCUT2D eigenvalue weighted by Gasteiger charge is -2.06. The van der Waals surface area contributed by atoms with E-state index in [0.717, 1.165) is 5.56 Å². The van der Waals surface area contributed by atoms with Crippen molar-refractivity contribution in [1.29, 1.82) is 0 Å². The van der Waals surface area contributed by atoms with Crippen LogP contribution in [-0.2, 0) is 15.6 Å². The van der Waals surface area contributed by atoms with E-state index in [1.165, 1.54) is 0 Å². The van der Waals surface area contributed by atoms with Crippen LogP contribution in [0.2, 0.25) is 5.02 Å². The topological polar surface area (TPSA) is 60.2 Å². The molecule has 0 bridgehead atoms. The summed E-state index contributed by atoms with van der Waals surface area (Å²) >= 11 is 5.81. The number of anilines is 1. The van der Waals surface area contributed by atoms with Gasteiger partial charge in [-0.1, -0.05) is 35.4 Å². The summed E-state index contributed by atoms with van der Waals surface area (Å²) in [6, 6.07) is 11.7. The molecule has 2 rings (SSSR count). The van der Waals surface area contributed by atoms with E-state index in [1.54, 1.807) is 42.5 Å². The molecule has 0 saturated heterocycles. The van der Waals surface area contributed by atoms with Gasteiger partial charge in [0.1, 0.15) is 0 Å². The number of nitrogen functional groups attached to an aromatic ring is 1. The largest absolute Gasteiger partial charge is 0.398 e. The molecule has 0 spiro atoms. The second kappa shape index (κ2) is 5.23. The van der Waals surface area contributed by atoms with E-state index >= 15 is 0 Å². The van der Waals surface area contributed by atoms with Gasteiger partial charge in [0.2, 0.25) is 0 Å². The molecule has 0 fully saturated rings. The fraction of sp³-hybridized carbons (Fsp3) is 0.143. The fourth-order valence-electron chi connectivity index (χ4n) is 1.73. The highest BCUT2D eigenvalue weighted by Gasteiger charge is 2.15. The van der Waals surface area contributed by atoms with Crippen molar-refractivity contribution in [3.8, 4) is 0 Å². The average Bonchev–Trinajstić information content (AvgIpc) is 2.34. The molecule has 0 saturated carbocycles. The minimum Gasteiger partial charge on any atom is -0.398 e. The van der Waals surface area contributed by atoms with Crippen molar-refractivity contribution in [3.05, 3.63) is 58.6 Å². The standard InChI is InChI=1S/C14H14ClNO2S/c1-10-2-5-12(6-3-10)19(17,18)9-11-4-7-13(15)14(16)8-11/h2-8H,9,16H2,1H3. The Morgan fingerprint density at radius 1 is 1.11 bits per heavy atom. The third-order valence-electron chi connectivity index (χ3n) is 2.80. The van der Waals surface area contributed by atoms with Crippen molar-refractivity contribution >= 4 is 27.1 Å². The lowest BCUT2D eigenvalue weighted by Crippen LogP contribution is -2.05. The van der Waals surface area contributed by atoms with Gasteiger partial charge in [-0.15, -0.1) is 0 Å². The molecule has 0 aromatic heterocycles. The highest BCUT2D eigenvalue weighted by atomic mass is 35.5. The van der Waals surface area contributed by atoms with Crippen LogP contribution in [0.25, 0.3) is 0 Å². The van der Waals surface area contributed by atoms with Gasteiger partial charge in [-0.2, -0.15) is 0 Å². The van der Waals surface area contributed by atoms with Crippen LogP contribution in [0.5, 0.6) is 0 Å². The highest BCUT2D eigenvalue weighted by molar-refractivity contribution is 7.90. The van der Waals surface area contributed by atoms with Crippen molar-refractivity contribution in [2.45, 2.75) is 17.6 Å². The molecule has 2 aromatic carbocycles. The van der Waals surface area contributed by atoms with E-state index in [-0.39, 0.29) is 5.75 Å². The molecule has 5 heteroatoms. The molecular formula is C14H14ClNO2S. The number of hydrogen-bond donors (Lipinski definition) is 1. The van der Waals surface area contributed by atoms with Gasteiger partial charge >= 0.3 is 0 Å². The molecule has 0 radical (unpaired) electrons. The molecule has 2 aromatic rings. The Bertz CT molecular complexity index is 694. The van der Waals surface area contributed by atoms with Gasteiger partial charge in [0, 0.05) is 0 Å². The van der Waals surface area contributed by atoms with Crippen molar-refractivity contribution in [2.24, 2.45) is 0 Å². The first-order valence-corrected chi connectivity index (χ1v) is 7.75. The minimum atomic E-state index is -3.36. The predicted molar refractivity (Wildman–Crippen MR) is 77.9 cm³/mol. The Balaban J connectivity index is 2.30. The third kappa shape index (κ3) is 3.28. The van der Waals surface area contributed by atoms with Crippen LogP contribution in [0, 0.1) is 6.92 Å². The number of rotatable bonds is 3. The highest BCUT2D eigenvalue weighted by Crippen LogP contribution is 2.23. The van der Waals surface area contributed by atoms with Gasteiger partial charge < -0.3 is 5.73 Å². The summed E-state index contributed by atoms with van der Waals surface area (Å²) in [5.41, 5.74) is 7.71. The van der Waals surface area contributed by atoms with Crippen LogP contribution in [0.1, 0.15) is 11.1 Å². The number of aryl methyl sites for hydroxylation is 1. The second-order valence-corrected chi connectivity index (χ2v) is 6.82. The van der Waals surface area contributed by atoms with Crippen LogP contribution in [0.3, 0.4) is 0 Å². The minimum absolute atomic E-state index is 0.0859. The molecule has 0 heterocycles. The molecule has 0 atom stereocenters. The van der Waals surface area contributed by atoms with Crippen LogP contribution in [0.15, 0.2) is 47.4 Å². The lowest BCUT2D eigenvalue weighted by atomic mass is 10.2. The Kier molecular flexibility index (Phi) is 3.83. The molecule has 0 unspecified atom stereocenters. The zero-order valence-corrected chi connectivity index (χ0v) is 12.0. The first kappa shape index (κ1) is 13.9. The van der Waals surface area contributed by atoms with E-state index in [2.05, 4.69) is 0 Å². The van der Waals surface area contributed by atoms with Gasteiger partial charge in [-0.05, 0) is 36.8 Å². The van der Waals surface area contributed by atoms with Crippen molar-refractivity contribution in [2.75, 3.05) is 5.73 Å². The maximum Gasteiger partial charge on any atom is 0.182 e. The molecule has 0 amide bonds. The molecule has 3 nitrogen and oxygen atoms in total. The van der Waals surface area contributed by atoms with Crippen molar-refractivity contribution < 1.29 is 8.42 Å². The monoisotopic (exact) mass is 295 g/mol. The normalized spacial score (nSPS) is 11.5. The quantitative estimate of drug-likeness (QED) is 0.885. The SMILES string of the molecule is Cc1ccc(S(=O)(=O)Cc2ccc(Cl)c(N)c2)cc1. The van der Waals surface area contributed by atoms with Gasteiger partial charge in [-0.25, -0.2) is 8.42 Å². The maximum atomic E-state index is 12.2. The van der Waals surface area contributed by atoms with Crippen LogP contribution in [-0.4, -0.2) is 8.42 Å². The van der Waals surface area contributed by atoms with E-state index in [4.69, 9.17) is 17.3 Å². The van der Waals surface area contributed by atoms with Crippen LogP contribution < -0.4 is 5.73 Å². The van der Waals surface area contributed by atoms with Gasteiger partial charge in [-0.3, -0.25) is 0 Å². The van der Waals surface area contributed by atoms with E-state index < -0.39 is 9.84 Å². The fourth-order valence-corrected chi connectivity index (χ4v) is 3.18. The Labute approximate surface area is 117 Å². The summed E-state index contributed by atoms with van der Waals surface area (Å²) in [7, 11) is -3.36. The predicted octanol–water partition coefficient (Wildman–Crippen LogP) is 3.20. The van der Waals surface area contributed by atoms with Gasteiger partial charge in [0.05, 0.1) is 21.4 Å². The maximum absolute atomic E-state index is 12.2. The van der Waals surface area contributed by atoms with Gasteiger partial charge in [0.15, 0.2) is 9.84 Å². The molecule has 2 N–H and O–H groups in total. The number of halogens is 1. The molecule has 0 aliphatic carbocycles. The van der Waals surface area contributed by atoms with E-state index in [9.17, 15) is 8.42 Å². The van der Waals surface area contributed by atoms with Crippen LogP contribution in [0.4, 0.5) is 5.69 Å². The molecule has 0 aliphatic heterocycles. The van der Waals surface area contributed by atoms with E-state index in [0.29, 0.717) is 21.2 Å². The molecule has 0 aliphatic rings. The Morgan fingerprint density at radius 2 is 1.74 bits per heavy atom. The summed E-state index contributed by atoms with van der Waals surface area (Å²) in [5, 5.41) is 0.427. The summed E-state index contributed by atoms with van der Waals surface area (Å²) < 4.78 is 24.5. The van der Waals surface area contributed by atoms with Crippen molar-refractivity contribution in [1.82, 2.24) is 0 Å². The first-order chi connectivity index (χ1) is 8.88. The summed E-state index contributed by atoms with van der Waals surface area (Å²) in [6.45, 7) is 1.91. The number of nitrogens with two attached hydrogens (primary N) is 1. The smallest absolute Gasteiger partial charge is 0.182 e. The van der Waals surface area contributed by atoms with Gasteiger partial charge in [0.25, 0.3) is 0 Å². The molecular weight excluding hydrogens is 282 g/mol. The zero-order valence-electron chi connectivity index (χ0n) is 10.4. The summed E-state index contributed by atoms with van der Waals surface area (Å²) in [6.07, 6.45) is 0. The Morgan fingerprint density at radius 3 is 2.32 bits per heavy atom. The first-order valence-electron chi connectivity index (χ1n) is 5.72. The number of benzene rings is 2. The summed E-state index contributed by atoms with van der Waals surface area (Å²) in [4.78, 5) is 0.312. The molecule has 19 heavy (non-hydrogen) atoms. The van der Waals surface area contributed by atoms with Crippen LogP contribution >= 0.6 is 11.6 Å². The number of hydrogen-bond acceptors (Lipinski definition) is 3. The summed E-state index contributed by atoms with van der Waals surface area (Å²) in [5.74, 6) is -0.0859. The van der Waals surface area contributed by atoms with Crippen molar-refractivity contribution in [3.63, 3.8) is 0 Å².